The third-order valence-corrected chi connectivity index (χ3v) is 5.62. The van der Waals surface area contributed by atoms with Gasteiger partial charge in [-0.25, -0.2) is 4.98 Å². The summed E-state index contributed by atoms with van der Waals surface area (Å²) in [6.45, 7) is 3.37. The van der Waals surface area contributed by atoms with E-state index in [9.17, 15) is 14.4 Å². The zero-order valence-electron chi connectivity index (χ0n) is 15.9. The second-order valence-corrected chi connectivity index (χ2v) is 7.99. The van der Waals surface area contributed by atoms with Crippen LogP contribution in [0.25, 0.3) is 0 Å². The summed E-state index contributed by atoms with van der Waals surface area (Å²) >= 11 is 3.39. The Hall–Kier alpha value is -2.78. The van der Waals surface area contributed by atoms with Gasteiger partial charge in [-0.1, -0.05) is 0 Å². The van der Waals surface area contributed by atoms with Crippen LogP contribution in [0.15, 0.2) is 41.0 Å². The SMILES string of the molecule is CN1C(=O)c2ccc(NC(=O)CN3CCN(c4ccc(Br)cn4)CC3)cc2C1=O. The van der Waals surface area contributed by atoms with Gasteiger partial charge in [0.15, 0.2) is 0 Å². The first-order chi connectivity index (χ1) is 13.9. The monoisotopic (exact) mass is 457 g/mol. The Kier molecular flexibility index (Phi) is 5.33. The highest BCUT2D eigenvalue weighted by molar-refractivity contribution is 9.10. The number of piperazine rings is 1. The van der Waals surface area contributed by atoms with Gasteiger partial charge >= 0.3 is 0 Å². The largest absolute Gasteiger partial charge is 0.354 e. The van der Waals surface area contributed by atoms with E-state index in [1.165, 1.54) is 7.05 Å². The summed E-state index contributed by atoms with van der Waals surface area (Å²) in [6, 6.07) is 8.74. The smallest absolute Gasteiger partial charge is 0.261 e. The van der Waals surface area contributed by atoms with Gasteiger partial charge in [0.05, 0.1) is 17.7 Å². The van der Waals surface area contributed by atoms with E-state index in [-0.39, 0.29) is 24.3 Å². The summed E-state index contributed by atoms with van der Waals surface area (Å²) in [5.74, 6) is 0.115. The highest BCUT2D eigenvalue weighted by Crippen LogP contribution is 2.24. The molecule has 3 heterocycles. The number of nitrogens with one attached hydrogen (secondary N) is 1. The van der Waals surface area contributed by atoms with Gasteiger partial charge in [-0.05, 0) is 46.3 Å². The molecule has 3 amide bonds. The number of carbonyl (C=O) groups is 3. The topological polar surface area (TPSA) is 85.8 Å². The number of halogens is 1. The Balaban J connectivity index is 1.32. The molecule has 150 valence electrons. The van der Waals surface area contributed by atoms with Crippen LogP contribution in [0.2, 0.25) is 0 Å². The van der Waals surface area contributed by atoms with Crippen LogP contribution in [0, 0.1) is 0 Å². The lowest BCUT2D eigenvalue weighted by Crippen LogP contribution is -2.48. The number of imide groups is 1. The molecule has 2 aromatic rings. The predicted molar refractivity (Wildman–Crippen MR) is 112 cm³/mol. The summed E-state index contributed by atoms with van der Waals surface area (Å²) in [5, 5.41) is 2.82. The lowest BCUT2D eigenvalue weighted by atomic mass is 10.1. The van der Waals surface area contributed by atoms with Gasteiger partial charge in [-0.2, -0.15) is 0 Å². The van der Waals surface area contributed by atoms with Crippen molar-refractivity contribution >= 4 is 45.2 Å². The minimum Gasteiger partial charge on any atom is -0.354 e. The first kappa shape index (κ1) is 19.5. The highest BCUT2D eigenvalue weighted by Gasteiger charge is 2.32. The molecule has 0 radical (unpaired) electrons. The molecule has 2 aliphatic rings. The van der Waals surface area contributed by atoms with Gasteiger partial charge in [0.2, 0.25) is 5.91 Å². The average molecular weight is 458 g/mol. The number of rotatable bonds is 4. The van der Waals surface area contributed by atoms with Crippen molar-refractivity contribution in [2.45, 2.75) is 0 Å². The molecule has 0 unspecified atom stereocenters. The van der Waals surface area contributed by atoms with Crippen molar-refractivity contribution in [3.05, 3.63) is 52.1 Å². The van der Waals surface area contributed by atoms with Crippen molar-refractivity contribution in [2.75, 3.05) is 50.0 Å². The van der Waals surface area contributed by atoms with E-state index >= 15 is 0 Å². The van der Waals surface area contributed by atoms with E-state index in [2.05, 4.69) is 36.0 Å². The van der Waals surface area contributed by atoms with Gasteiger partial charge in [0.25, 0.3) is 11.8 Å². The van der Waals surface area contributed by atoms with Crippen LogP contribution in [0.4, 0.5) is 11.5 Å². The van der Waals surface area contributed by atoms with Crippen LogP contribution < -0.4 is 10.2 Å². The molecule has 1 N–H and O–H groups in total. The third kappa shape index (κ3) is 4.01. The average Bonchev–Trinajstić information content (AvgIpc) is 2.93. The molecule has 29 heavy (non-hydrogen) atoms. The molecule has 2 aliphatic heterocycles. The molecule has 1 fully saturated rings. The van der Waals surface area contributed by atoms with Gasteiger partial charge < -0.3 is 10.2 Å². The quantitative estimate of drug-likeness (QED) is 0.704. The molecule has 0 bridgehead atoms. The van der Waals surface area contributed by atoms with Gasteiger partial charge in [0, 0.05) is 49.6 Å². The van der Waals surface area contributed by atoms with Crippen molar-refractivity contribution < 1.29 is 14.4 Å². The molecule has 9 heteroatoms. The zero-order chi connectivity index (χ0) is 20.5. The lowest BCUT2D eigenvalue weighted by molar-refractivity contribution is -0.117. The van der Waals surface area contributed by atoms with Crippen molar-refractivity contribution in [3.63, 3.8) is 0 Å². The molecule has 1 saturated heterocycles. The number of anilines is 2. The van der Waals surface area contributed by atoms with Gasteiger partial charge in [0.1, 0.15) is 5.82 Å². The molecule has 8 nitrogen and oxygen atoms in total. The number of benzene rings is 1. The molecule has 0 atom stereocenters. The number of hydrogen-bond acceptors (Lipinski definition) is 6. The maximum absolute atomic E-state index is 12.4. The summed E-state index contributed by atoms with van der Waals surface area (Å²) in [6.07, 6.45) is 1.78. The summed E-state index contributed by atoms with van der Waals surface area (Å²) in [7, 11) is 1.45. The molecular weight excluding hydrogens is 438 g/mol. The van der Waals surface area contributed by atoms with Crippen molar-refractivity contribution in [1.29, 1.82) is 0 Å². The van der Waals surface area contributed by atoms with Gasteiger partial charge in [-0.3, -0.25) is 24.2 Å². The van der Waals surface area contributed by atoms with E-state index in [4.69, 9.17) is 0 Å². The summed E-state index contributed by atoms with van der Waals surface area (Å²) < 4.78 is 0.945. The number of pyridine rings is 1. The lowest BCUT2D eigenvalue weighted by Gasteiger charge is -2.35. The van der Waals surface area contributed by atoms with Crippen LogP contribution in [-0.4, -0.2) is 72.3 Å². The number of amides is 3. The number of hydrogen-bond donors (Lipinski definition) is 1. The second kappa shape index (κ2) is 7.92. The Morgan fingerprint density at radius 1 is 1.07 bits per heavy atom. The van der Waals surface area contributed by atoms with Crippen molar-refractivity contribution in [1.82, 2.24) is 14.8 Å². The molecule has 1 aromatic carbocycles. The van der Waals surface area contributed by atoms with Crippen LogP contribution >= 0.6 is 15.9 Å². The Morgan fingerprint density at radius 2 is 1.79 bits per heavy atom. The Morgan fingerprint density at radius 3 is 2.48 bits per heavy atom. The van der Waals surface area contributed by atoms with Crippen molar-refractivity contribution in [2.24, 2.45) is 0 Å². The molecule has 0 spiro atoms. The first-order valence-corrected chi connectivity index (χ1v) is 10.1. The van der Waals surface area contributed by atoms with E-state index in [1.54, 1.807) is 24.4 Å². The van der Waals surface area contributed by atoms with Crippen molar-refractivity contribution in [3.8, 4) is 0 Å². The third-order valence-electron chi connectivity index (χ3n) is 5.15. The Labute approximate surface area is 176 Å². The first-order valence-electron chi connectivity index (χ1n) is 9.27. The zero-order valence-corrected chi connectivity index (χ0v) is 17.5. The van der Waals surface area contributed by atoms with Gasteiger partial charge in [-0.15, -0.1) is 0 Å². The van der Waals surface area contributed by atoms with E-state index < -0.39 is 0 Å². The normalized spacial score (nSPS) is 16.9. The molecule has 4 rings (SSSR count). The number of fused-ring (bicyclic) bond motifs is 1. The maximum Gasteiger partial charge on any atom is 0.261 e. The second-order valence-electron chi connectivity index (χ2n) is 7.08. The fourth-order valence-electron chi connectivity index (χ4n) is 3.53. The minimum atomic E-state index is -0.348. The fraction of sp³-hybridized carbons (Fsp3) is 0.300. The fourth-order valence-corrected chi connectivity index (χ4v) is 3.77. The molecule has 1 aromatic heterocycles. The van der Waals surface area contributed by atoms with Crippen LogP contribution in [0.3, 0.4) is 0 Å². The van der Waals surface area contributed by atoms with Crippen LogP contribution in [0.1, 0.15) is 20.7 Å². The van der Waals surface area contributed by atoms with E-state index in [0.29, 0.717) is 16.8 Å². The number of aromatic nitrogens is 1. The maximum atomic E-state index is 12.4. The number of nitrogens with zero attached hydrogens (tertiary/aromatic N) is 4. The highest BCUT2D eigenvalue weighted by atomic mass is 79.9. The summed E-state index contributed by atoms with van der Waals surface area (Å²) in [4.78, 5) is 46.3. The van der Waals surface area contributed by atoms with Crippen LogP contribution in [-0.2, 0) is 4.79 Å². The molecular formula is C20H20BrN5O3. The minimum absolute atomic E-state index is 0.148. The number of carbonyl (C=O) groups excluding carboxylic acids is 3. The molecule has 0 aliphatic carbocycles. The van der Waals surface area contributed by atoms with Crippen LogP contribution in [0.5, 0.6) is 0 Å². The standard InChI is InChI=1S/C20H20BrN5O3/c1-24-19(28)15-4-3-14(10-16(15)20(24)29)23-18(27)12-25-6-8-26(9-7-25)17-5-2-13(21)11-22-17/h2-5,10-11H,6-9,12H2,1H3,(H,23,27). The molecule has 0 saturated carbocycles. The Bertz CT molecular complexity index is 971. The van der Waals surface area contributed by atoms with E-state index in [0.717, 1.165) is 41.4 Å². The van der Waals surface area contributed by atoms with E-state index in [1.807, 2.05) is 12.1 Å². The summed E-state index contributed by atoms with van der Waals surface area (Å²) in [5.41, 5.74) is 1.21. The predicted octanol–water partition coefficient (Wildman–Crippen LogP) is 1.83.